The van der Waals surface area contributed by atoms with E-state index < -0.39 is 0 Å². The topological polar surface area (TPSA) is 54.3 Å². The molecule has 0 fully saturated rings. The molecular weight excluding hydrogens is 278 g/mol. The molecule has 2 aliphatic rings. The van der Waals surface area contributed by atoms with Gasteiger partial charge in [0, 0.05) is 42.7 Å². The third-order valence-corrected chi connectivity index (χ3v) is 4.49. The minimum Gasteiger partial charge on any atom is -0.348 e. The quantitative estimate of drug-likeness (QED) is 0.879. The van der Waals surface area contributed by atoms with E-state index in [2.05, 4.69) is 9.88 Å². The lowest BCUT2D eigenvalue weighted by Gasteiger charge is -2.29. The predicted octanol–water partition coefficient (Wildman–Crippen LogP) is 2.66. The van der Waals surface area contributed by atoms with Gasteiger partial charge in [-0.2, -0.15) is 0 Å². The summed E-state index contributed by atoms with van der Waals surface area (Å²) in [5, 5.41) is 2.98. The molecule has 2 aromatic rings. The van der Waals surface area contributed by atoms with E-state index in [0.29, 0.717) is 25.9 Å². The second kappa shape index (κ2) is 5.02. The molecule has 0 spiro atoms. The number of nitrogens with one attached hydrogen (secondary N) is 1. The third kappa shape index (κ3) is 2.09. The highest BCUT2D eigenvalue weighted by Crippen LogP contribution is 2.29. The van der Waals surface area contributed by atoms with Crippen LogP contribution in [0, 0.1) is 0 Å². The lowest BCUT2D eigenvalue weighted by Crippen LogP contribution is -2.40. The van der Waals surface area contributed by atoms with Crippen LogP contribution >= 0.6 is 0 Å². The van der Waals surface area contributed by atoms with Crippen LogP contribution in [-0.2, 0) is 19.5 Å². The standard InChI is InChI=1S/C17H17N3O2/c21-16-7-6-13-14(16)4-1-5-15(13)18-17(22)20-10-9-19-8-2-3-12(19)11-20/h1-5,8H,6-7,9-11H2,(H,18,22). The van der Waals surface area contributed by atoms with Crippen molar-refractivity contribution < 1.29 is 9.59 Å². The number of urea groups is 1. The summed E-state index contributed by atoms with van der Waals surface area (Å²) in [6.07, 6.45) is 3.30. The Morgan fingerprint density at radius 1 is 1.09 bits per heavy atom. The number of rotatable bonds is 1. The first kappa shape index (κ1) is 13.1. The van der Waals surface area contributed by atoms with Gasteiger partial charge in [0.1, 0.15) is 0 Å². The van der Waals surface area contributed by atoms with Gasteiger partial charge in [0.05, 0.1) is 6.54 Å². The molecule has 1 aliphatic heterocycles. The molecule has 5 heteroatoms. The van der Waals surface area contributed by atoms with Gasteiger partial charge in [-0.25, -0.2) is 4.79 Å². The Labute approximate surface area is 128 Å². The summed E-state index contributed by atoms with van der Waals surface area (Å²) in [4.78, 5) is 26.1. The minimum atomic E-state index is -0.0970. The van der Waals surface area contributed by atoms with Crippen molar-refractivity contribution in [3.63, 3.8) is 0 Å². The fourth-order valence-corrected chi connectivity index (χ4v) is 3.29. The van der Waals surface area contributed by atoms with Gasteiger partial charge >= 0.3 is 6.03 Å². The van der Waals surface area contributed by atoms with Crippen LogP contribution in [0.4, 0.5) is 10.5 Å². The molecule has 22 heavy (non-hydrogen) atoms. The van der Waals surface area contributed by atoms with Crippen LogP contribution in [0.1, 0.15) is 28.0 Å². The summed E-state index contributed by atoms with van der Waals surface area (Å²) in [7, 11) is 0. The number of benzene rings is 1. The van der Waals surface area contributed by atoms with Crippen molar-refractivity contribution in [3.05, 3.63) is 53.3 Å². The highest BCUT2D eigenvalue weighted by atomic mass is 16.2. The van der Waals surface area contributed by atoms with E-state index in [4.69, 9.17) is 0 Å². The zero-order chi connectivity index (χ0) is 15.1. The summed E-state index contributed by atoms with van der Waals surface area (Å²) >= 11 is 0. The van der Waals surface area contributed by atoms with Crippen LogP contribution in [0.3, 0.4) is 0 Å². The average molecular weight is 295 g/mol. The van der Waals surface area contributed by atoms with Gasteiger partial charge in [-0.05, 0) is 30.2 Å². The molecule has 5 nitrogen and oxygen atoms in total. The number of carbonyl (C=O) groups is 2. The molecule has 0 radical (unpaired) electrons. The van der Waals surface area contributed by atoms with E-state index in [0.717, 1.165) is 29.1 Å². The summed E-state index contributed by atoms with van der Waals surface area (Å²) in [5.41, 5.74) is 3.65. The second-order valence-electron chi connectivity index (χ2n) is 5.80. The summed E-state index contributed by atoms with van der Waals surface area (Å²) in [6.45, 7) is 2.13. The molecule has 1 aliphatic carbocycles. The number of hydrogen-bond acceptors (Lipinski definition) is 2. The van der Waals surface area contributed by atoms with E-state index in [1.807, 2.05) is 41.4 Å². The van der Waals surface area contributed by atoms with Crippen LogP contribution in [0.15, 0.2) is 36.5 Å². The van der Waals surface area contributed by atoms with Crippen LogP contribution in [0.25, 0.3) is 0 Å². The van der Waals surface area contributed by atoms with Crippen LogP contribution in [-0.4, -0.2) is 27.8 Å². The van der Waals surface area contributed by atoms with E-state index >= 15 is 0 Å². The number of hydrogen-bond donors (Lipinski definition) is 1. The fraction of sp³-hybridized carbons (Fsp3) is 0.294. The number of amides is 2. The van der Waals surface area contributed by atoms with Crippen LogP contribution in [0.2, 0.25) is 0 Å². The fourth-order valence-electron chi connectivity index (χ4n) is 3.29. The number of nitrogens with zero attached hydrogens (tertiary/aromatic N) is 2. The lowest BCUT2D eigenvalue weighted by atomic mass is 10.1. The highest BCUT2D eigenvalue weighted by molar-refractivity contribution is 6.03. The lowest BCUT2D eigenvalue weighted by molar-refractivity contribution is 0.0994. The normalized spacial score (nSPS) is 16.4. The molecular formula is C17H17N3O2. The molecule has 1 N–H and O–H groups in total. The van der Waals surface area contributed by atoms with Gasteiger partial charge in [0.15, 0.2) is 5.78 Å². The van der Waals surface area contributed by atoms with Gasteiger partial charge in [-0.15, -0.1) is 0 Å². The van der Waals surface area contributed by atoms with Gasteiger partial charge in [-0.3, -0.25) is 4.79 Å². The highest BCUT2D eigenvalue weighted by Gasteiger charge is 2.25. The van der Waals surface area contributed by atoms with Crippen molar-refractivity contribution in [1.29, 1.82) is 0 Å². The Bertz CT molecular complexity index is 763. The van der Waals surface area contributed by atoms with E-state index in [1.165, 1.54) is 0 Å². The van der Waals surface area contributed by atoms with Crippen molar-refractivity contribution in [2.24, 2.45) is 0 Å². The Morgan fingerprint density at radius 2 is 2.00 bits per heavy atom. The summed E-state index contributed by atoms with van der Waals surface area (Å²) in [5.74, 6) is 0.168. The van der Waals surface area contributed by atoms with Crippen molar-refractivity contribution in [2.45, 2.75) is 25.9 Å². The summed E-state index contributed by atoms with van der Waals surface area (Å²) < 4.78 is 2.17. The first-order chi connectivity index (χ1) is 10.7. The molecule has 0 unspecified atom stereocenters. The molecule has 2 amide bonds. The number of aromatic nitrogens is 1. The average Bonchev–Trinajstić information content (AvgIpc) is 3.14. The van der Waals surface area contributed by atoms with Crippen molar-refractivity contribution in [1.82, 2.24) is 9.47 Å². The first-order valence-electron chi connectivity index (χ1n) is 7.57. The minimum absolute atomic E-state index is 0.0970. The predicted molar refractivity (Wildman–Crippen MR) is 83.0 cm³/mol. The Kier molecular flexibility index (Phi) is 2.99. The Balaban J connectivity index is 1.53. The number of carbonyl (C=O) groups excluding carboxylic acids is 2. The van der Waals surface area contributed by atoms with E-state index in [-0.39, 0.29) is 11.8 Å². The van der Waals surface area contributed by atoms with Crippen LogP contribution in [0.5, 0.6) is 0 Å². The van der Waals surface area contributed by atoms with Gasteiger partial charge in [-0.1, -0.05) is 12.1 Å². The maximum absolute atomic E-state index is 12.5. The molecule has 4 rings (SSSR count). The molecule has 0 saturated heterocycles. The van der Waals surface area contributed by atoms with Crippen molar-refractivity contribution in [2.75, 3.05) is 11.9 Å². The Morgan fingerprint density at radius 3 is 2.91 bits per heavy atom. The van der Waals surface area contributed by atoms with Crippen LogP contribution < -0.4 is 5.32 Å². The SMILES string of the molecule is O=C1CCc2c(NC(=O)N3CCn4cccc4C3)cccc21. The largest absolute Gasteiger partial charge is 0.348 e. The van der Waals surface area contributed by atoms with Gasteiger partial charge in [0.25, 0.3) is 0 Å². The van der Waals surface area contributed by atoms with Crippen molar-refractivity contribution >= 4 is 17.5 Å². The monoisotopic (exact) mass is 295 g/mol. The van der Waals surface area contributed by atoms with Crippen molar-refractivity contribution in [3.8, 4) is 0 Å². The molecule has 112 valence electrons. The zero-order valence-electron chi connectivity index (χ0n) is 12.2. The summed E-state index contributed by atoms with van der Waals surface area (Å²) in [6, 6.07) is 9.50. The molecule has 0 atom stereocenters. The van der Waals surface area contributed by atoms with E-state index in [1.54, 1.807) is 0 Å². The Hall–Kier alpha value is -2.56. The second-order valence-corrected chi connectivity index (χ2v) is 5.80. The van der Waals surface area contributed by atoms with Gasteiger partial charge in [0.2, 0.25) is 0 Å². The molecule has 0 bridgehead atoms. The third-order valence-electron chi connectivity index (χ3n) is 4.49. The maximum atomic E-state index is 12.5. The first-order valence-corrected chi connectivity index (χ1v) is 7.57. The number of ketones is 1. The maximum Gasteiger partial charge on any atom is 0.322 e. The number of anilines is 1. The number of fused-ring (bicyclic) bond motifs is 2. The number of Topliss-reactive ketones (excluding diaryl/α,β-unsaturated/α-hetero) is 1. The smallest absolute Gasteiger partial charge is 0.322 e. The molecule has 1 aromatic heterocycles. The van der Waals surface area contributed by atoms with Gasteiger partial charge < -0.3 is 14.8 Å². The van der Waals surface area contributed by atoms with E-state index in [9.17, 15) is 9.59 Å². The molecule has 1 aromatic carbocycles. The zero-order valence-corrected chi connectivity index (χ0v) is 12.2. The molecule has 0 saturated carbocycles. The molecule has 2 heterocycles.